The fourth-order valence-corrected chi connectivity index (χ4v) is 6.98. The van der Waals surface area contributed by atoms with Crippen LogP contribution in [0.5, 0.6) is 0 Å². The number of β-amino-alcohol motifs (C(OH)–C–C–N with tert-alkyl or cyclic N) is 2. The molecule has 6 rings (SSSR count). The van der Waals surface area contributed by atoms with Gasteiger partial charge in [0, 0.05) is 41.1 Å². The molecule has 0 saturated heterocycles. The molecule has 0 spiro atoms. The lowest BCUT2D eigenvalue weighted by Gasteiger charge is -2.26. The third kappa shape index (κ3) is 4.23. The number of aliphatic hydroxyl groups is 2. The third-order valence-corrected chi connectivity index (χ3v) is 8.66. The lowest BCUT2D eigenvalue weighted by Crippen LogP contribution is -3.00. The second kappa shape index (κ2) is 10.6. The summed E-state index contributed by atoms with van der Waals surface area (Å²) in [7, 11) is 0. The number of anilines is 1. The van der Waals surface area contributed by atoms with Crippen LogP contribution in [-0.4, -0.2) is 46.8 Å². The van der Waals surface area contributed by atoms with Gasteiger partial charge < -0.3 is 32.1 Å². The average molecular weight is 598 g/mol. The molecule has 0 unspecified atom stereocenters. The Morgan fingerprint density at radius 2 is 1.38 bits per heavy atom. The number of benzene rings is 4. The molecule has 5 heteroatoms. The van der Waals surface area contributed by atoms with Gasteiger partial charge in [0.05, 0.1) is 12.0 Å². The summed E-state index contributed by atoms with van der Waals surface area (Å²) in [4.78, 5) is 2.27. The molecular formula is C35H37BrN2O2. The van der Waals surface area contributed by atoms with Crippen molar-refractivity contribution in [2.45, 2.75) is 38.5 Å². The zero-order valence-corrected chi connectivity index (χ0v) is 25.2. The van der Waals surface area contributed by atoms with Crippen LogP contribution >= 0.6 is 0 Å². The number of nitrogens with zero attached hydrogens (tertiary/aromatic N) is 2. The molecule has 4 aromatic rings. The number of fused-ring (bicyclic) bond motifs is 6. The Labute approximate surface area is 247 Å². The van der Waals surface area contributed by atoms with E-state index >= 15 is 0 Å². The van der Waals surface area contributed by atoms with Crippen molar-refractivity contribution >= 4 is 38.6 Å². The lowest BCUT2D eigenvalue weighted by molar-refractivity contribution is -0.440. The molecular weight excluding hydrogens is 560 g/mol. The zero-order chi connectivity index (χ0) is 27.4. The van der Waals surface area contributed by atoms with E-state index in [1.807, 2.05) is 0 Å². The van der Waals surface area contributed by atoms with Crippen LogP contribution in [0.4, 0.5) is 11.4 Å². The topological polar surface area (TPSA) is 46.7 Å². The van der Waals surface area contributed by atoms with Crippen molar-refractivity contribution in [1.82, 2.24) is 0 Å². The number of rotatable bonds is 6. The van der Waals surface area contributed by atoms with Gasteiger partial charge >= 0.3 is 0 Å². The van der Waals surface area contributed by atoms with Gasteiger partial charge in [0.2, 0.25) is 5.69 Å². The molecule has 2 N–H and O–H groups in total. The first kappa shape index (κ1) is 28.3. The quantitative estimate of drug-likeness (QED) is 0.334. The van der Waals surface area contributed by atoms with E-state index in [2.05, 4.69) is 128 Å². The second-order valence-electron chi connectivity index (χ2n) is 11.7. The molecule has 0 saturated carbocycles. The summed E-state index contributed by atoms with van der Waals surface area (Å²) < 4.78 is 2.27. The predicted molar refractivity (Wildman–Crippen MR) is 162 cm³/mol. The Morgan fingerprint density at radius 3 is 2.02 bits per heavy atom. The summed E-state index contributed by atoms with van der Waals surface area (Å²) in [6.45, 7) is 10.4. The lowest BCUT2D eigenvalue weighted by atomic mass is 9.79. The molecule has 0 amide bonds. The second-order valence-corrected chi connectivity index (χ2v) is 11.7. The molecule has 0 aromatic heterocycles. The van der Waals surface area contributed by atoms with Crippen molar-refractivity contribution in [3.63, 3.8) is 0 Å². The Bertz CT molecular complexity index is 1700. The minimum absolute atomic E-state index is 0. The van der Waals surface area contributed by atoms with Gasteiger partial charge in [-0.2, -0.15) is 4.58 Å². The van der Waals surface area contributed by atoms with Crippen molar-refractivity contribution in [2.75, 3.05) is 31.2 Å². The number of allylic oxidation sites excluding steroid dienone is 4. The molecule has 2 aliphatic heterocycles. The Hall–Kier alpha value is -3.25. The number of hydrogen-bond acceptors (Lipinski definition) is 3. The predicted octanol–water partition coefficient (Wildman–Crippen LogP) is 3.60. The van der Waals surface area contributed by atoms with Crippen molar-refractivity contribution in [3.8, 4) is 0 Å². The highest BCUT2D eigenvalue weighted by molar-refractivity contribution is 6.07. The van der Waals surface area contributed by atoms with E-state index in [9.17, 15) is 10.2 Å². The fraction of sp³-hybridized carbons (Fsp3) is 0.286. The summed E-state index contributed by atoms with van der Waals surface area (Å²) in [5.41, 5.74) is 6.85. The molecule has 0 aliphatic carbocycles. The largest absolute Gasteiger partial charge is 1.00 e. The minimum Gasteiger partial charge on any atom is -1.00 e. The summed E-state index contributed by atoms with van der Waals surface area (Å²) in [5.74, 6) is 0. The van der Waals surface area contributed by atoms with Crippen LogP contribution in [0.15, 0.2) is 96.7 Å². The molecule has 2 heterocycles. The van der Waals surface area contributed by atoms with E-state index < -0.39 is 0 Å². The maximum absolute atomic E-state index is 9.98. The van der Waals surface area contributed by atoms with E-state index in [1.165, 1.54) is 55.5 Å². The molecule has 40 heavy (non-hydrogen) atoms. The monoisotopic (exact) mass is 596 g/mol. The van der Waals surface area contributed by atoms with E-state index in [4.69, 9.17) is 0 Å². The number of aliphatic hydroxyl groups excluding tert-OH is 2. The standard InChI is InChI=1S/C35H37N2O2.BrH/c1-34(2)30(36(20-22-38)28-18-16-24-10-5-7-12-26(24)32(28)34)14-9-15-31-35(3,4)33-27-13-8-6-11-25(27)17-19-29(33)37(31)21-23-39;/h5-19,38-39H,20-23H2,1-4H3;1H/q+1;/p-1. The first-order valence-electron chi connectivity index (χ1n) is 13.9. The average Bonchev–Trinajstić information content (AvgIpc) is 3.28. The zero-order valence-electron chi connectivity index (χ0n) is 23.7. The normalized spacial score (nSPS) is 18.1. The van der Waals surface area contributed by atoms with Crippen molar-refractivity contribution in [1.29, 1.82) is 0 Å². The molecule has 2 aliphatic rings. The van der Waals surface area contributed by atoms with E-state index in [0.29, 0.717) is 13.1 Å². The van der Waals surface area contributed by atoms with Gasteiger partial charge in [0.1, 0.15) is 6.61 Å². The highest BCUT2D eigenvalue weighted by Crippen LogP contribution is 2.50. The molecule has 0 fully saturated rings. The van der Waals surface area contributed by atoms with Crippen LogP contribution in [0.1, 0.15) is 38.8 Å². The van der Waals surface area contributed by atoms with Gasteiger partial charge in [0.15, 0.2) is 12.3 Å². The maximum atomic E-state index is 9.98. The van der Waals surface area contributed by atoms with Crippen molar-refractivity contribution in [2.24, 2.45) is 0 Å². The molecule has 0 atom stereocenters. The van der Waals surface area contributed by atoms with Gasteiger partial charge in [-0.15, -0.1) is 0 Å². The number of halogens is 1. The maximum Gasteiger partial charge on any atom is 0.210 e. The van der Waals surface area contributed by atoms with Crippen LogP contribution in [0.25, 0.3) is 21.5 Å². The fourth-order valence-electron chi connectivity index (χ4n) is 6.98. The summed E-state index contributed by atoms with van der Waals surface area (Å²) in [6, 6.07) is 25.9. The van der Waals surface area contributed by atoms with Crippen LogP contribution in [0, 0.1) is 0 Å². The van der Waals surface area contributed by atoms with E-state index in [-0.39, 0.29) is 41.0 Å². The van der Waals surface area contributed by atoms with E-state index in [1.54, 1.807) is 0 Å². The third-order valence-electron chi connectivity index (χ3n) is 8.66. The summed E-state index contributed by atoms with van der Waals surface area (Å²) >= 11 is 0. The Morgan fingerprint density at radius 1 is 0.750 bits per heavy atom. The first-order chi connectivity index (χ1) is 18.8. The smallest absolute Gasteiger partial charge is 0.210 e. The van der Waals surface area contributed by atoms with Crippen LogP contribution in [0.3, 0.4) is 0 Å². The van der Waals surface area contributed by atoms with Gasteiger partial charge in [-0.25, -0.2) is 0 Å². The van der Waals surface area contributed by atoms with Crippen LogP contribution in [-0.2, 0) is 10.8 Å². The Balaban J connectivity index is 0.00000323. The highest BCUT2D eigenvalue weighted by atomic mass is 79.9. The highest BCUT2D eigenvalue weighted by Gasteiger charge is 2.45. The molecule has 4 nitrogen and oxygen atoms in total. The molecule has 0 radical (unpaired) electrons. The van der Waals surface area contributed by atoms with E-state index in [0.717, 1.165) is 0 Å². The van der Waals surface area contributed by atoms with Crippen LogP contribution in [0.2, 0.25) is 0 Å². The molecule has 206 valence electrons. The minimum atomic E-state index is -0.227. The summed E-state index contributed by atoms with van der Waals surface area (Å²) in [5, 5.41) is 25.0. The molecule has 0 bridgehead atoms. The van der Waals surface area contributed by atoms with Gasteiger partial charge in [-0.1, -0.05) is 74.5 Å². The van der Waals surface area contributed by atoms with Crippen molar-refractivity contribution < 1.29 is 31.8 Å². The van der Waals surface area contributed by atoms with Gasteiger partial charge in [-0.05, 0) is 59.2 Å². The SMILES string of the molecule is CC1(C)C(/C=C/C=C2\N(CCO)c3ccc4ccccc4c3C2(C)C)=[N+](CCO)c2ccc3ccccc3c21.[Br-]. The first-order valence-corrected chi connectivity index (χ1v) is 13.9. The molecule has 4 aromatic carbocycles. The summed E-state index contributed by atoms with van der Waals surface area (Å²) in [6.07, 6.45) is 6.59. The Kier molecular flexibility index (Phi) is 7.51. The van der Waals surface area contributed by atoms with Crippen LogP contribution < -0.4 is 21.9 Å². The van der Waals surface area contributed by atoms with Crippen molar-refractivity contribution in [3.05, 3.63) is 108 Å². The van der Waals surface area contributed by atoms with Gasteiger partial charge in [0.25, 0.3) is 0 Å². The number of hydrogen-bond donors (Lipinski definition) is 2. The van der Waals surface area contributed by atoms with Gasteiger partial charge in [-0.3, -0.25) is 0 Å².